The summed E-state index contributed by atoms with van der Waals surface area (Å²) in [5.41, 5.74) is 1.49. The maximum Gasteiger partial charge on any atom is 0.115 e. The largest absolute Gasteiger partial charge is 0.246 e. The molecule has 0 fully saturated rings. The zero-order valence-corrected chi connectivity index (χ0v) is 6.50. The molecule has 1 rings (SSSR count). The maximum atomic E-state index is 12.1. The lowest BCUT2D eigenvalue weighted by Gasteiger charge is -1.95. The second kappa shape index (κ2) is 4.30. The van der Waals surface area contributed by atoms with Gasteiger partial charge in [0.2, 0.25) is 0 Å². The van der Waals surface area contributed by atoms with E-state index in [-0.39, 0.29) is 0 Å². The highest BCUT2D eigenvalue weighted by Gasteiger charge is 1.90. The van der Waals surface area contributed by atoms with E-state index in [1.807, 2.05) is 12.1 Å². The number of allylic oxidation sites excluding steroid dienone is 1. The Balaban J connectivity index is 2.88. The summed E-state index contributed by atoms with van der Waals surface area (Å²) in [5.74, 6) is 0. The Labute approximate surface area is 70.8 Å². The number of halogens is 1. The van der Waals surface area contributed by atoms with Crippen LogP contribution in [0.5, 0.6) is 0 Å². The van der Waals surface area contributed by atoms with Crippen molar-refractivity contribution in [2.75, 3.05) is 0 Å². The van der Waals surface area contributed by atoms with Gasteiger partial charge in [0.15, 0.2) is 0 Å². The fourth-order valence-electron chi connectivity index (χ4n) is 0.913. The van der Waals surface area contributed by atoms with Crippen molar-refractivity contribution >= 4 is 6.08 Å². The predicted molar refractivity (Wildman–Crippen MR) is 45.9 cm³/mol. The molecule has 0 unspecified atom stereocenters. The number of alkyl halides is 1. The van der Waals surface area contributed by atoms with Crippen molar-refractivity contribution in [3.8, 4) is 6.07 Å². The third-order valence-electron chi connectivity index (χ3n) is 1.46. The molecule has 0 heterocycles. The number of nitrogens with zero attached hydrogens (tertiary/aromatic N) is 1. The molecule has 0 atom stereocenters. The first-order chi connectivity index (χ1) is 5.86. The lowest BCUT2D eigenvalue weighted by Crippen LogP contribution is -1.78. The lowest BCUT2D eigenvalue weighted by atomic mass is 10.1. The molecule has 0 aliphatic heterocycles. The van der Waals surface area contributed by atoms with Gasteiger partial charge in [0.1, 0.15) is 6.67 Å². The normalized spacial score (nSPS) is 10.0. The summed E-state index contributed by atoms with van der Waals surface area (Å²) in [5, 5.41) is 8.24. The van der Waals surface area contributed by atoms with E-state index in [9.17, 15) is 4.39 Å². The minimum Gasteiger partial charge on any atom is -0.246 e. The number of benzene rings is 1. The summed E-state index contributed by atoms with van der Waals surface area (Å²) in [7, 11) is 0. The molecule has 2 heteroatoms. The van der Waals surface area contributed by atoms with Crippen LogP contribution in [0.2, 0.25) is 0 Å². The molecule has 0 aliphatic rings. The van der Waals surface area contributed by atoms with Gasteiger partial charge in [-0.05, 0) is 23.3 Å². The van der Waals surface area contributed by atoms with E-state index in [1.54, 1.807) is 24.3 Å². The lowest BCUT2D eigenvalue weighted by molar-refractivity contribution is 0.485. The van der Waals surface area contributed by atoms with E-state index in [1.165, 1.54) is 6.08 Å². The minimum absolute atomic E-state index is 0.464. The van der Waals surface area contributed by atoms with Crippen LogP contribution in [-0.2, 0) is 6.67 Å². The van der Waals surface area contributed by atoms with Crippen molar-refractivity contribution < 1.29 is 4.39 Å². The average Bonchev–Trinajstić information content (AvgIpc) is 2.15. The molecule has 1 aromatic rings. The monoisotopic (exact) mass is 161 g/mol. The first kappa shape index (κ1) is 8.48. The van der Waals surface area contributed by atoms with Gasteiger partial charge in [-0.1, -0.05) is 18.2 Å². The van der Waals surface area contributed by atoms with E-state index >= 15 is 0 Å². The Morgan fingerprint density at radius 1 is 1.50 bits per heavy atom. The van der Waals surface area contributed by atoms with E-state index in [0.717, 1.165) is 5.56 Å². The first-order valence-corrected chi connectivity index (χ1v) is 3.58. The Hall–Kier alpha value is -1.62. The molecular formula is C10H8FN. The summed E-state index contributed by atoms with van der Waals surface area (Å²) in [6.45, 7) is -0.464. The molecule has 60 valence electrons. The summed E-state index contributed by atoms with van der Waals surface area (Å²) in [4.78, 5) is 0. The quantitative estimate of drug-likeness (QED) is 0.612. The Morgan fingerprint density at radius 2 is 2.33 bits per heavy atom. The zero-order valence-electron chi connectivity index (χ0n) is 6.50. The van der Waals surface area contributed by atoms with Crippen LogP contribution in [0.15, 0.2) is 30.3 Å². The van der Waals surface area contributed by atoms with Gasteiger partial charge in [0, 0.05) is 6.08 Å². The van der Waals surface area contributed by atoms with Crippen LogP contribution >= 0.6 is 0 Å². The van der Waals surface area contributed by atoms with Crippen molar-refractivity contribution in [3.63, 3.8) is 0 Å². The van der Waals surface area contributed by atoms with Crippen molar-refractivity contribution in [2.24, 2.45) is 0 Å². The third kappa shape index (κ3) is 2.21. The highest BCUT2D eigenvalue weighted by Crippen LogP contribution is 2.07. The van der Waals surface area contributed by atoms with Gasteiger partial charge in [-0.2, -0.15) is 5.26 Å². The van der Waals surface area contributed by atoms with E-state index in [4.69, 9.17) is 5.26 Å². The molecule has 0 amide bonds. The molecule has 0 aromatic heterocycles. The number of nitriles is 1. The smallest absolute Gasteiger partial charge is 0.115 e. The molecule has 1 nitrogen and oxygen atoms in total. The van der Waals surface area contributed by atoms with Crippen molar-refractivity contribution in [2.45, 2.75) is 6.67 Å². The highest BCUT2D eigenvalue weighted by molar-refractivity contribution is 5.52. The first-order valence-electron chi connectivity index (χ1n) is 3.58. The molecule has 0 saturated heterocycles. The van der Waals surface area contributed by atoms with Gasteiger partial charge in [-0.3, -0.25) is 0 Å². The zero-order chi connectivity index (χ0) is 8.81. The molecule has 0 bridgehead atoms. The van der Waals surface area contributed by atoms with Crippen molar-refractivity contribution in [1.82, 2.24) is 0 Å². The molecule has 12 heavy (non-hydrogen) atoms. The molecule has 0 aliphatic carbocycles. The molecule has 0 spiro atoms. The molecular weight excluding hydrogens is 153 g/mol. The van der Waals surface area contributed by atoms with Gasteiger partial charge in [0.25, 0.3) is 0 Å². The average molecular weight is 161 g/mol. The van der Waals surface area contributed by atoms with E-state index in [2.05, 4.69) is 0 Å². The summed E-state index contributed by atoms with van der Waals surface area (Å²) < 4.78 is 12.1. The number of rotatable bonds is 2. The van der Waals surface area contributed by atoms with Gasteiger partial charge in [-0.15, -0.1) is 0 Å². The van der Waals surface area contributed by atoms with Gasteiger partial charge in [-0.25, -0.2) is 4.39 Å². The Bertz CT molecular complexity index is 323. The summed E-state index contributed by atoms with van der Waals surface area (Å²) >= 11 is 0. The second-order valence-electron chi connectivity index (χ2n) is 2.34. The van der Waals surface area contributed by atoms with E-state index in [0.29, 0.717) is 5.56 Å². The second-order valence-corrected chi connectivity index (χ2v) is 2.34. The van der Waals surface area contributed by atoms with Crippen LogP contribution in [-0.4, -0.2) is 0 Å². The molecule has 0 saturated carbocycles. The number of hydrogen-bond acceptors (Lipinski definition) is 1. The summed E-state index contributed by atoms with van der Waals surface area (Å²) in [6, 6.07) is 8.90. The standard InChI is InChI=1S/C10H8FN/c11-8-10-4-1-3-9(7-10)5-2-6-12/h1-5,7H,8H2/b5-2+. The molecule has 0 N–H and O–H groups in total. The van der Waals surface area contributed by atoms with Crippen molar-refractivity contribution in [3.05, 3.63) is 41.5 Å². The Kier molecular flexibility index (Phi) is 3.04. The van der Waals surface area contributed by atoms with Gasteiger partial charge in [0.05, 0.1) is 6.07 Å². The highest BCUT2D eigenvalue weighted by atomic mass is 19.1. The van der Waals surface area contributed by atoms with Crippen LogP contribution in [0.4, 0.5) is 4.39 Å². The maximum absolute atomic E-state index is 12.1. The van der Waals surface area contributed by atoms with Crippen LogP contribution in [0, 0.1) is 11.3 Å². The van der Waals surface area contributed by atoms with E-state index < -0.39 is 6.67 Å². The molecule has 0 radical (unpaired) electrons. The minimum atomic E-state index is -0.464. The van der Waals surface area contributed by atoms with Crippen LogP contribution in [0.25, 0.3) is 6.08 Å². The number of hydrogen-bond donors (Lipinski definition) is 0. The van der Waals surface area contributed by atoms with Crippen LogP contribution in [0.3, 0.4) is 0 Å². The van der Waals surface area contributed by atoms with Gasteiger partial charge >= 0.3 is 0 Å². The molecule has 1 aromatic carbocycles. The van der Waals surface area contributed by atoms with Crippen molar-refractivity contribution in [1.29, 1.82) is 5.26 Å². The van der Waals surface area contributed by atoms with Crippen LogP contribution < -0.4 is 0 Å². The SMILES string of the molecule is N#C/C=C/c1cccc(CF)c1. The van der Waals surface area contributed by atoms with Gasteiger partial charge < -0.3 is 0 Å². The fraction of sp³-hybridized carbons (Fsp3) is 0.100. The third-order valence-corrected chi connectivity index (χ3v) is 1.46. The summed E-state index contributed by atoms with van der Waals surface area (Å²) in [6.07, 6.45) is 3.02. The fourth-order valence-corrected chi connectivity index (χ4v) is 0.913. The topological polar surface area (TPSA) is 23.8 Å². The predicted octanol–water partition coefficient (Wildman–Crippen LogP) is 2.69. The Morgan fingerprint density at radius 3 is 3.00 bits per heavy atom. The van der Waals surface area contributed by atoms with Crippen LogP contribution in [0.1, 0.15) is 11.1 Å².